The first-order valence-electron chi connectivity index (χ1n) is 4.85. The van der Waals surface area contributed by atoms with Gasteiger partial charge in [-0.15, -0.1) is 0 Å². The Morgan fingerprint density at radius 1 is 1.38 bits per heavy atom. The van der Waals surface area contributed by atoms with E-state index in [0.717, 1.165) is 5.56 Å². The van der Waals surface area contributed by atoms with E-state index in [2.05, 4.69) is 22.5 Å². The van der Waals surface area contributed by atoms with Gasteiger partial charge in [0.05, 0.1) is 17.8 Å². The number of Topliss-reactive ketones (excluding diaryl/α,β-unsaturated/α-hetero) is 1. The van der Waals surface area contributed by atoms with Gasteiger partial charge in [0, 0.05) is 5.56 Å². The van der Waals surface area contributed by atoms with Crippen molar-refractivity contribution < 1.29 is 9.59 Å². The van der Waals surface area contributed by atoms with Crippen LogP contribution in [0.4, 0.5) is 5.69 Å². The SMILES string of the molecule is CNCC#Cc1ccc2c(c1)NC(=O)C2=O. The van der Waals surface area contributed by atoms with Crippen LogP contribution in [-0.4, -0.2) is 25.3 Å². The fraction of sp³-hybridized carbons (Fsp3) is 0.167. The van der Waals surface area contributed by atoms with Gasteiger partial charge in [-0.2, -0.15) is 0 Å². The van der Waals surface area contributed by atoms with Gasteiger partial charge < -0.3 is 10.6 Å². The van der Waals surface area contributed by atoms with Gasteiger partial charge in [-0.3, -0.25) is 9.59 Å². The number of anilines is 1. The molecule has 1 heterocycles. The first kappa shape index (κ1) is 10.4. The number of carbonyl (C=O) groups is 2. The second-order valence-corrected chi connectivity index (χ2v) is 3.38. The van der Waals surface area contributed by atoms with E-state index in [-0.39, 0.29) is 0 Å². The molecule has 0 aliphatic carbocycles. The van der Waals surface area contributed by atoms with Crippen LogP contribution in [0, 0.1) is 11.8 Å². The van der Waals surface area contributed by atoms with Gasteiger partial charge in [0.15, 0.2) is 0 Å². The lowest BCUT2D eigenvalue weighted by molar-refractivity contribution is -0.112. The Kier molecular flexibility index (Phi) is 2.71. The van der Waals surface area contributed by atoms with Crippen LogP contribution in [0.15, 0.2) is 18.2 Å². The molecule has 0 fully saturated rings. The first-order valence-corrected chi connectivity index (χ1v) is 4.85. The molecule has 1 aliphatic heterocycles. The molecule has 4 heteroatoms. The van der Waals surface area contributed by atoms with Crippen LogP contribution in [0.1, 0.15) is 15.9 Å². The van der Waals surface area contributed by atoms with Crippen molar-refractivity contribution in [3.63, 3.8) is 0 Å². The zero-order valence-corrected chi connectivity index (χ0v) is 8.76. The van der Waals surface area contributed by atoms with E-state index in [9.17, 15) is 9.59 Å². The highest BCUT2D eigenvalue weighted by atomic mass is 16.2. The van der Waals surface area contributed by atoms with E-state index in [1.54, 1.807) is 18.2 Å². The molecule has 0 aromatic heterocycles. The molecule has 0 spiro atoms. The summed E-state index contributed by atoms with van der Waals surface area (Å²) in [5.41, 5.74) is 1.75. The minimum absolute atomic E-state index is 0.421. The van der Waals surface area contributed by atoms with Crippen molar-refractivity contribution in [3.05, 3.63) is 29.3 Å². The fourth-order valence-electron chi connectivity index (χ4n) is 1.46. The lowest BCUT2D eigenvalue weighted by Gasteiger charge is -1.96. The van der Waals surface area contributed by atoms with Crippen LogP contribution in [0.3, 0.4) is 0 Å². The lowest BCUT2D eigenvalue weighted by Crippen LogP contribution is -2.12. The molecule has 1 amide bonds. The van der Waals surface area contributed by atoms with Crippen molar-refractivity contribution in [1.82, 2.24) is 5.32 Å². The highest BCUT2D eigenvalue weighted by Crippen LogP contribution is 2.23. The van der Waals surface area contributed by atoms with Gasteiger partial charge >= 0.3 is 0 Å². The van der Waals surface area contributed by atoms with Crippen LogP contribution < -0.4 is 10.6 Å². The Bertz CT molecular complexity index is 524. The average molecular weight is 214 g/mol. The van der Waals surface area contributed by atoms with Crippen LogP contribution in [0.2, 0.25) is 0 Å². The summed E-state index contributed by atoms with van der Waals surface area (Å²) in [6.45, 7) is 0.600. The summed E-state index contributed by atoms with van der Waals surface area (Å²) < 4.78 is 0. The number of nitrogens with one attached hydrogen (secondary N) is 2. The van der Waals surface area contributed by atoms with Crippen molar-refractivity contribution in [2.75, 3.05) is 18.9 Å². The second kappa shape index (κ2) is 4.17. The summed E-state index contributed by atoms with van der Waals surface area (Å²) in [5.74, 6) is 4.78. The standard InChI is InChI=1S/C12H10N2O2/c1-13-6-2-3-8-4-5-9-10(7-8)14-12(16)11(9)15/h4-5,7,13H,6H2,1H3,(H,14,15,16). The van der Waals surface area contributed by atoms with Gasteiger partial charge in [0.2, 0.25) is 0 Å². The molecule has 80 valence electrons. The molecule has 0 saturated heterocycles. The van der Waals surface area contributed by atoms with E-state index in [1.165, 1.54) is 0 Å². The Morgan fingerprint density at radius 2 is 2.19 bits per heavy atom. The lowest BCUT2D eigenvalue weighted by atomic mass is 10.1. The normalized spacial score (nSPS) is 12.8. The summed E-state index contributed by atoms with van der Waals surface area (Å²) in [6, 6.07) is 5.07. The Morgan fingerprint density at radius 3 is 2.94 bits per heavy atom. The third-order valence-corrected chi connectivity index (χ3v) is 2.22. The minimum Gasteiger partial charge on any atom is -0.318 e. The van der Waals surface area contributed by atoms with Gasteiger partial charge in [-0.1, -0.05) is 11.8 Å². The molecule has 1 aliphatic rings. The Balaban J connectivity index is 2.30. The summed E-state index contributed by atoms with van der Waals surface area (Å²) >= 11 is 0. The van der Waals surface area contributed by atoms with Gasteiger partial charge in [-0.05, 0) is 25.2 Å². The van der Waals surface area contributed by atoms with Crippen LogP contribution in [0.25, 0.3) is 0 Å². The number of fused-ring (bicyclic) bond motifs is 1. The molecule has 1 aromatic rings. The molecule has 0 radical (unpaired) electrons. The Hall–Kier alpha value is -2.12. The molecule has 2 rings (SSSR count). The van der Waals surface area contributed by atoms with Crippen LogP contribution >= 0.6 is 0 Å². The number of amides is 1. The summed E-state index contributed by atoms with van der Waals surface area (Å²) in [6.07, 6.45) is 0. The first-order chi connectivity index (χ1) is 7.72. The molecule has 0 atom stereocenters. The van der Waals surface area contributed by atoms with Crippen molar-refractivity contribution in [2.24, 2.45) is 0 Å². The maximum atomic E-state index is 11.3. The molecule has 0 saturated carbocycles. The maximum absolute atomic E-state index is 11.3. The molecule has 0 bridgehead atoms. The van der Waals surface area contributed by atoms with Crippen LogP contribution in [-0.2, 0) is 4.79 Å². The maximum Gasteiger partial charge on any atom is 0.296 e. The number of carbonyl (C=O) groups excluding carboxylic acids is 2. The number of benzene rings is 1. The molecule has 2 N–H and O–H groups in total. The fourth-order valence-corrected chi connectivity index (χ4v) is 1.46. The van der Waals surface area contributed by atoms with Crippen molar-refractivity contribution in [3.8, 4) is 11.8 Å². The summed E-state index contributed by atoms with van der Waals surface area (Å²) in [7, 11) is 1.82. The van der Waals surface area contributed by atoms with Crippen LogP contribution in [0.5, 0.6) is 0 Å². The zero-order chi connectivity index (χ0) is 11.5. The number of hydrogen-bond donors (Lipinski definition) is 2. The highest BCUT2D eigenvalue weighted by Gasteiger charge is 2.27. The molecular formula is C12H10N2O2. The topological polar surface area (TPSA) is 58.2 Å². The number of hydrogen-bond acceptors (Lipinski definition) is 3. The van der Waals surface area contributed by atoms with Gasteiger partial charge in [0.25, 0.3) is 11.7 Å². The zero-order valence-electron chi connectivity index (χ0n) is 8.76. The van der Waals surface area contributed by atoms with Gasteiger partial charge in [0.1, 0.15) is 0 Å². The Labute approximate surface area is 93.0 Å². The van der Waals surface area contributed by atoms with Crippen molar-refractivity contribution in [1.29, 1.82) is 0 Å². The second-order valence-electron chi connectivity index (χ2n) is 3.38. The molecule has 16 heavy (non-hydrogen) atoms. The van der Waals surface area contributed by atoms with E-state index in [4.69, 9.17) is 0 Å². The average Bonchev–Trinajstić information content (AvgIpc) is 2.55. The summed E-state index contributed by atoms with van der Waals surface area (Å²) in [5, 5.41) is 5.41. The molecule has 4 nitrogen and oxygen atoms in total. The highest BCUT2D eigenvalue weighted by molar-refractivity contribution is 6.51. The number of rotatable bonds is 1. The predicted molar refractivity (Wildman–Crippen MR) is 60.2 cm³/mol. The minimum atomic E-state index is -0.574. The van der Waals surface area contributed by atoms with E-state index >= 15 is 0 Å². The van der Waals surface area contributed by atoms with Crippen molar-refractivity contribution >= 4 is 17.4 Å². The summed E-state index contributed by atoms with van der Waals surface area (Å²) in [4.78, 5) is 22.4. The van der Waals surface area contributed by atoms with Crippen molar-refractivity contribution in [2.45, 2.75) is 0 Å². The van der Waals surface area contributed by atoms with E-state index in [0.29, 0.717) is 17.8 Å². The van der Waals surface area contributed by atoms with E-state index < -0.39 is 11.7 Å². The third kappa shape index (κ3) is 1.81. The quantitative estimate of drug-likeness (QED) is 0.525. The molecular weight excluding hydrogens is 204 g/mol. The largest absolute Gasteiger partial charge is 0.318 e. The van der Waals surface area contributed by atoms with E-state index in [1.807, 2.05) is 7.05 Å². The predicted octanol–water partition coefficient (Wildman–Crippen LogP) is 0.392. The number of ketones is 1. The third-order valence-electron chi connectivity index (χ3n) is 2.22. The monoisotopic (exact) mass is 214 g/mol. The molecule has 0 unspecified atom stereocenters. The molecule has 1 aromatic carbocycles. The smallest absolute Gasteiger partial charge is 0.296 e. The van der Waals surface area contributed by atoms with Gasteiger partial charge in [-0.25, -0.2) is 0 Å².